The molecule has 0 aromatic heterocycles. The van der Waals surface area contributed by atoms with Crippen molar-refractivity contribution in [3.63, 3.8) is 0 Å². The van der Waals surface area contributed by atoms with Gasteiger partial charge in [-0.15, -0.1) is 0 Å². The lowest BCUT2D eigenvalue weighted by Gasteiger charge is -2.18. The molecule has 0 aliphatic rings. The van der Waals surface area contributed by atoms with Crippen LogP contribution in [-0.2, 0) is 16.2 Å². The predicted octanol–water partition coefficient (Wildman–Crippen LogP) is 18.8. The summed E-state index contributed by atoms with van der Waals surface area (Å²) in [7, 11) is 0. The second-order valence-electron chi connectivity index (χ2n) is 22.4. The third kappa shape index (κ3) is 17.1. The van der Waals surface area contributed by atoms with Gasteiger partial charge in [-0.05, 0) is 143 Å². The van der Waals surface area contributed by atoms with E-state index in [4.69, 9.17) is 28.4 Å². The zero-order valence-corrected chi connectivity index (χ0v) is 48.5. The summed E-state index contributed by atoms with van der Waals surface area (Å²) in [5.41, 5.74) is 6.34. The molecule has 0 spiro atoms. The van der Waals surface area contributed by atoms with Gasteiger partial charge in [0, 0.05) is 18.2 Å². The Morgan fingerprint density at radius 2 is 0.543 bits per heavy atom. The summed E-state index contributed by atoms with van der Waals surface area (Å²) in [6.07, 6.45) is 1.98. The highest BCUT2D eigenvalue weighted by molar-refractivity contribution is 5.97. The average molecular weight is 1090 g/mol. The van der Waals surface area contributed by atoms with Crippen molar-refractivity contribution in [1.82, 2.24) is 0 Å². The van der Waals surface area contributed by atoms with E-state index < -0.39 is 17.9 Å². The number of carbonyl (C=O) groups is 3. The quantitative estimate of drug-likeness (QED) is 0.0384. The van der Waals surface area contributed by atoms with Crippen LogP contribution in [0.25, 0.3) is 0 Å². The Hall–Kier alpha value is -8.85. The first kappa shape index (κ1) is 59.8. The number of azo groups is 3. The van der Waals surface area contributed by atoms with Crippen LogP contribution in [0.1, 0.15) is 150 Å². The van der Waals surface area contributed by atoms with E-state index in [0.29, 0.717) is 73.2 Å². The normalized spacial score (nSPS) is 12.0. The van der Waals surface area contributed by atoms with Crippen LogP contribution in [0.5, 0.6) is 34.5 Å². The number of hydrogen-bond acceptors (Lipinski definition) is 15. The smallest absolute Gasteiger partial charge is 0.347 e. The lowest BCUT2D eigenvalue weighted by Crippen LogP contribution is -2.14. The van der Waals surface area contributed by atoms with Crippen LogP contribution in [-0.4, -0.2) is 37.7 Å². The summed E-state index contributed by atoms with van der Waals surface area (Å²) in [6.45, 7) is 25.9. The Balaban J connectivity index is 1.24. The van der Waals surface area contributed by atoms with Gasteiger partial charge in [-0.1, -0.05) is 119 Å². The van der Waals surface area contributed by atoms with Gasteiger partial charge in [-0.3, -0.25) is 0 Å². The number of nitrogens with zero attached hydrogens (tertiary/aromatic N) is 6. The van der Waals surface area contributed by atoms with Crippen molar-refractivity contribution in [2.24, 2.45) is 30.7 Å². The molecule has 0 radical (unpaired) electrons. The fourth-order valence-electron chi connectivity index (χ4n) is 7.87. The largest absolute Gasteiger partial charge is 0.493 e. The molecule has 0 fully saturated rings. The fourth-order valence-corrected chi connectivity index (χ4v) is 7.87. The Morgan fingerprint density at radius 3 is 0.765 bits per heavy atom. The molecule has 81 heavy (non-hydrogen) atoms. The lowest BCUT2D eigenvalue weighted by atomic mass is 9.87. The standard InChI is InChI=1S/C66H72N6O9/c1-13-34-76-58-31-28-49(70-67-46-22-16-43(17-23-46)64(4,5)6)37-55(58)61(73)79-52-40-53(80-62(74)56-38-50(29-32-59(56)77-35-14-2)71-68-47-24-18-44(19-25-47)65(7,8)9)42-54(41-52)81-63(75)57-39-51(30-33-60(57)78-36-15-3)72-69-48-26-20-45(21-27-48)66(10,11)12/h16-33,37-42H,13-15,34-36H2,1-12H3. The van der Waals surface area contributed by atoms with Crippen molar-refractivity contribution >= 4 is 52.0 Å². The van der Waals surface area contributed by atoms with Crippen LogP contribution in [0.3, 0.4) is 0 Å². The highest BCUT2D eigenvalue weighted by Crippen LogP contribution is 2.36. The molecule has 0 saturated heterocycles. The van der Waals surface area contributed by atoms with Crippen LogP contribution in [0.4, 0.5) is 34.1 Å². The van der Waals surface area contributed by atoms with Crippen LogP contribution in [0, 0.1) is 0 Å². The van der Waals surface area contributed by atoms with Crippen molar-refractivity contribution in [3.8, 4) is 34.5 Å². The number of carbonyl (C=O) groups excluding carboxylic acids is 3. The molecule has 7 aromatic rings. The molecular formula is C66H72N6O9. The molecule has 7 rings (SSSR count). The molecule has 0 heterocycles. The zero-order valence-electron chi connectivity index (χ0n) is 48.5. The monoisotopic (exact) mass is 1090 g/mol. The molecule has 15 nitrogen and oxygen atoms in total. The molecule has 0 unspecified atom stereocenters. The van der Waals surface area contributed by atoms with E-state index in [1.807, 2.05) is 93.6 Å². The molecular weight excluding hydrogens is 1020 g/mol. The minimum absolute atomic E-state index is 0.0339. The van der Waals surface area contributed by atoms with Crippen molar-refractivity contribution in [2.75, 3.05) is 19.8 Å². The first-order valence-corrected chi connectivity index (χ1v) is 27.3. The summed E-state index contributed by atoms with van der Waals surface area (Å²) in [5, 5.41) is 26.6. The highest BCUT2D eigenvalue weighted by atomic mass is 16.6. The van der Waals surface area contributed by atoms with Crippen LogP contribution >= 0.6 is 0 Å². The van der Waals surface area contributed by atoms with Crippen molar-refractivity contribution in [1.29, 1.82) is 0 Å². The Bertz CT molecular complexity index is 3030. The predicted molar refractivity (Wildman–Crippen MR) is 316 cm³/mol. The van der Waals surface area contributed by atoms with Crippen molar-refractivity contribution < 1.29 is 42.8 Å². The second kappa shape index (κ2) is 26.9. The van der Waals surface area contributed by atoms with Gasteiger partial charge in [0.25, 0.3) is 0 Å². The Labute approximate surface area is 475 Å². The Kier molecular flexibility index (Phi) is 19.8. The van der Waals surface area contributed by atoms with Gasteiger partial charge in [0.1, 0.15) is 51.2 Å². The molecule has 0 amide bonds. The summed E-state index contributed by atoms with van der Waals surface area (Å²) < 4.78 is 36.2. The van der Waals surface area contributed by atoms with Gasteiger partial charge < -0.3 is 28.4 Å². The molecule has 0 saturated carbocycles. The maximum Gasteiger partial charge on any atom is 0.347 e. The first-order valence-electron chi connectivity index (χ1n) is 27.3. The molecule has 420 valence electrons. The number of benzene rings is 7. The maximum atomic E-state index is 14.4. The molecule has 15 heteroatoms. The van der Waals surface area contributed by atoms with E-state index in [2.05, 4.69) is 93.0 Å². The Morgan fingerprint density at radius 1 is 0.321 bits per heavy atom. The van der Waals surface area contributed by atoms with Gasteiger partial charge in [0.15, 0.2) is 0 Å². The lowest BCUT2D eigenvalue weighted by molar-refractivity contribution is 0.0726. The van der Waals surface area contributed by atoms with Crippen molar-refractivity contribution in [2.45, 2.75) is 119 Å². The SMILES string of the molecule is CCCOc1ccc(N=Nc2ccc(C(C)(C)C)cc2)cc1C(=O)Oc1cc(OC(=O)c2cc(N=Nc3ccc(C(C)(C)C)cc3)ccc2OCCC)cc(OC(=O)c2cc(N=Nc3ccc(C(C)(C)C)cc3)ccc2OCCC)c1. The molecule has 0 aliphatic carbocycles. The molecule has 7 aromatic carbocycles. The number of rotatable bonds is 21. The minimum Gasteiger partial charge on any atom is -0.493 e. The van der Waals surface area contributed by atoms with E-state index in [1.54, 1.807) is 36.4 Å². The second-order valence-corrected chi connectivity index (χ2v) is 22.4. The van der Waals surface area contributed by atoms with Crippen LogP contribution < -0.4 is 28.4 Å². The topological polar surface area (TPSA) is 181 Å². The summed E-state index contributed by atoms with van der Waals surface area (Å²) in [4.78, 5) is 43.3. The molecule has 0 atom stereocenters. The summed E-state index contributed by atoms with van der Waals surface area (Å²) in [6, 6.07) is 41.7. The third-order valence-electron chi connectivity index (χ3n) is 12.5. The molecule has 0 N–H and O–H groups in total. The first-order chi connectivity index (χ1) is 38.6. The average Bonchev–Trinajstić information content (AvgIpc) is 3.44. The number of hydrogen-bond donors (Lipinski definition) is 0. The summed E-state index contributed by atoms with van der Waals surface area (Å²) >= 11 is 0. The highest BCUT2D eigenvalue weighted by Gasteiger charge is 2.24. The van der Waals surface area contributed by atoms with Gasteiger partial charge >= 0.3 is 17.9 Å². The number of esters is 3. The minimum atomic E-state index is -0.851. The van der Waals surface area contributed by atoms with Crippen LogP contribution in [0.15, 0.2) is 176 Å². The summed E-state index contributed by atoms with van der Waals surface area (Å²) in [5.74, 6) is -2.28. The van der Waals surface area contributed by atoms with E-state index in [-0.39, 0.29) is 67.4 Å². The van der Waals surface area contributed by atoms with E-state index in [1.165, 1.54) is 36.4 Å². The van der Waals surface area contributed by atoms with Gasteiger partial charge in [0.05, 0.1) is 53.9 Å². The van der Waals surface area contributed by atoms with Gasteiger partial charge in [0.2, 0.25) is 0 Å². The van der Waals surface area contributed by atoms with Crippen molar-refractivity contribution in [3.05, 3.63) is 179 Å². The maximum absolute atomic E-state index is 14.4. The molecule has 0 aliphatic heterocycles. The zero-order chi connectivity index (χ0) is 58.3. The van der Waals surface area contributed by atoms with Gasteiger partial charge in [-0.2, -0.15) is 30.7 Å². The van der Waals surface area contributed by atoms with E-state index in [0.717, 1.165) is 16.7 Å². The van der Waals surface area contributed by atoms with E-state index in [9.17, 15) is 14.4 Å². The fraction of sp³-hybridized carbons (Fsp3) is 0.318. The molecule has 0 bridgehead atoms. The van der Waals surface area contributed by atoms with Gasteiger partial charge in [-0.25, -0.2) is 14.4 Å². The van der Waals surface area contributed by atoms with E-state index >= 15 is 0 Å². The number of ether oxygens (including phenoxy) is 6. The van der Waals surface area contributed by atoms with Crippen LogP contribution in [0.2, 0.25) is 0 Å². The third-order valence-corrected chi connectivity index (χ3v) is 12.5.